The number of piperazine rings is 1. The van der Waals surface area contributed by atoms with Crippen LogP contribution >= 0.6 is 23.2 Å². The van der Waals surface area contributed by atoms with E-state index in [1.54, 1.807) is 6.07 Å². The molecular weight excluding hydrogens is 379 g/mol. The van der Waals surface area contributed by atoms with Gasteiger partial charge in [-0.3, -0.25) is 0 Å². The van der Waals surface area contributed by atoms with Crippen LogP contribution in [0.5, 0.6) is 0 Å². The van der Waals surface area contributed by atoms with Crippen LogP contribution in [-0.2, 0) is 10.0 Å². The predicted molar refractivity (Wildman–Crippen MR) is 103 cm³/mol. The lowest BCUT2D eigenvalue weighted by Crippen LogP contribution is -2.49. The lowest BCUT2D eigenvalue weighted by molar-refractivity contribution is 0.384. The minimum absolute atomic E-state index is 0.0715. The summed E-state index contributed by atoms with van der Waals surface area (Å²) < 4.78 is 27.3. The summed E-state index contributed by atoms with van der Waals surface area (Å²) in [7, 11) is -3.65. The van der Waals surface area contributed by atoms with Gasteiger partial charge in [-0.25, -0.2) is 8.42 Å². The zero-order valence-electron chi connectivity index (χ0n) is 14.2. The van der Waals surface area contributed by atoms with Crippen LogP contribution in [0, 0.1) is 13.8 Å². The first-order valence-corrected chi connectivity index (χ1v) is 10.3. The van der Waals surface area contributed by atoms with E-state index in [4.69, 9.17) is 23.2 Å². The van der Waals surface area contributed by atoms with Gasteiger partial charge in [-0.1, -0.05) is 41.4 Å². The van der Waals surface area contributed by atoms with Crippen LogP contribution in [0.4, 0.5) is 5.69 Å². The fourth-order valence-electron chi connectivity index (χ4n) is 3.27. The molecule has 1 fully saturated rings. The van der Waals surface area contributed by atoms with E-state index in [2.05, 4.69) is 30.9 Å². The number of nitrogens with zero attached hydrogens (tertiary/aromatic N) is 2. The third kappa shape index (κ3) is 3.65. The molecule has 0 radical (unpaired) electrons. The average Bonchev–Trinajstić information content (AvgIpc) is 2.57. The first-order chi connectivity index (χ1) is 11.8. The molecule has 0 spiro atoms. The zero-order valence-corrected chi connectivity index (χ0v) is 16.5. The second kappa shape index (κ2) is 7.16. The molecule has 2 aromatic rings. The summed E-state index contributed by atoms with van der Waals surface area (Å²) >= 11 is 12.0. The van der Waals surface area contributed by atoms with Crippen molar-refractivity contribution < 1.29 is 8.42 Å². The average molecular weight is 399 g/mol. The van der Waals surface area contributed by atoms with Crippen molar-refractivity contribution in [3.8, 4) is 0 Å². The molecule has 0 aliphatic carbocycles. The van der Waals surface area contributed by atoms with Crippen molar-refractivity contribution in [2.75, 3.05) is 31.1 Å². The number of para-hydroxylation sites is 1. The Balaban J connectivity index is 1.81. The first-order valence-electron chi connectivity index (χ1n) is 8.07. The zero-order chi connectivity index (χ0) is 18.2. The van der Waals surface area contributed by atoms with Crippen LogP contribution in [-0.4, -0.2) is 38.9 Å². The molecular formula is C18H20Cl2N2O2S. The Hall–Kier alpha value is -1.27. The second-order valence-electron chi connectivity index (χ2n) is 6.21. The minimum atomic E-state index is -3.65. The third-order valence-corrected chi connectivity index (χ3v) is 7.12. The number of benzene rings is 2. The van der Waals surface area contributed by atoms with E-state index in [9.17, 15) is 8.42 Å². The lowest BCUT2D eigenvalue weighted by Gasteiger charge is -2.37. The largest absolute Gasteiger partial charge is 0.368 e. The maximum atomic E-state index is 12.9. The summed E-state index contributed by atoms with van der Waals surface area (Å²) in [5, 5.41) is 0.554. The van der Waals surface area contributed by atoms with Gasteiger partial charge in [0.05, 0.1) is 5.02 Å². The maximum absolute atomic E-state index is 12.9. The second-order valence-corrected chi connectivity index (χ2v) is 8.96. The van der Waals surface area contributed by atoms with Crippen molar-refractivity contribution in [1.29, 1.82) is 0 Å². The van der Waals surface area contributed by atoms with Crippen LogP contribution in [0.2, 0.25) is 10.0 Å². The van der Waals surface area contributed by atoms with E-state index in [-0.39, 0.29) is 9.92 Å². The van der Waals surface area contributed by atoms with Gasteiger partial charge < -0.3 is 4.90 Å². The van der Waals surface area contributed by atoms with Crippen LogP contribution in [0.1, 0.15) is 11.1 Å². The van der Waals surface area contributed by atoms with E-state index in [0.29, 0.717) is 31.2 Å². The molecule has 0 aromatic heterocycles. The van der Waals surface area contributed by atoms with Crippen molar-refractivity contribution in [3.05, 3.63) is 57.6 Å². The summed E-state index contributed by atoms with van der Waals surface area (Å²) in [6, 6.07) is 10.7. The molecule has 0 N–H and O–H groups in total. The van der Waals surface area contributed by atoms with Gasteiger partial charge >= 0.3 is 0 Å². The summed E-state index contributed by atoms with van der Waals surface area (Å²) in [5.41, 5.74) is 3.60. The molecule has 2 aromatic carbocycles. The van der Waals surface area contributed by atoms with E-state index < -0.39 is 10.0 Å². The van der Waals surface area contributed by atoms with E-state index >= 15 is 0 Å². The summed E-state index contributed by atoms with van der Waals surface area (Å²) in [6.45, 7) is 6.28. The van der Waals surface area contributed by atoms with Crippen molar-refractivity contribution in [3.63, 3.8) is 0 Å². The van der Waals surface area contributed by atoms with Gasteiger partial charge in [-0.05, 0) is 43.2 Å². The number of sulfonamides is 1. The predicted octanol–water partition coefficient (Wildman–Crippen LogP) is 4.12. The normalized spacial score (nSPS) is 16.2. The Morgan fingerprint density at radius 3 is 2.12 bits per heavy atom. The molecule has 1 saturated heterocycles. The van der Waals surface area contributed by atoms with Crippen molar-refractivity contribution in [2.24, 2.45) is 0 Å². The Morgan fingerprint density at radius 1 is 0.920 bits per heavy atom. The molecule has 0 amide bonds. The van der Waals surface area contributed by atoms with Crippen molar-refractivity contribution >= 4 is 38.9 Å². The number of hydrogen-bond acceptors (Lipinski definition) is 3. The first kappa shape index (κ1) is 18.5. The molecule has 1 aliphatic rings. The van der Waals surface area contributed by atoms with Crippen molar-refractivity contribution in [1.82, 2.24) is 4.31 Å². The topological polar surface area (TPSA) is 40.6 Å². The van der Waals surface area contributed by atoms with Crippen molar-refractivity contribution in [2.45, 2.75) is 18.7 Å². The molecule has 0 atom stereocenters. The summed E-state index contributed by atoms with van der Waals surface area (Å²) in [5.74, 6) is 0. The van der Waals surface area contributed by atoms with Crippen LogP contribution in [0.25, 0.3) is 0 Å². The molecule has 0 saturated carbocycles. The Bertz CT molecular complexity index is 872. The fourth-order valence-corrected chi connectivity index (χ4v) is 5.43. The minimum Gasteiger partial charge on any atom is -0.368 e. The number of aryl methyl sites for hydroxylation is 2. The molecule has 4 nitrogen and oxygen atoms in total. The third-order valence-electron chi connectivity index (χ3n) is 4.51. The summed E-state index contributed by atoms with van der Waals surface area (Å²) in [4.78, 5) is 2.32. The molecule has 1 heterocycles. The Kier molecular flexibility index (Phi) is 5.30. The van der Waals surface area contributed by atoms with Gasteiger partial charge in [0, 0.05) is 36.9 Å². The molecule has 7 heteroatoms. The molecule has 0 bridgehead atoms. The number of hydrogen-bond donors (Lipinski definition) is 0. The van der Waals surface area contributed by atoms with E-state index in [1.165, 1.54) is 33.3 Å². The number of rotatable bonds is 3. The van der Waals surface area contributed by atoms with Gasteiger partial charge in [-0.2, -0.15) is 4.31 Å². The van der Waals surface area contributed by atoms with Gasteiger partial charge in [0.25, 0.3) is 0 Å². The highest BCUT2D eigenvalue weighted by Gasteiger charge is 2.31. The number of halogens is 2. The standard InChI is InChI=1S/C18H20Cl2N2O2S/c1-13-4-3-5-14(2)18(13)21-8-10-22(11-9-21)25(23,24)17-12-15(19)6-7-16(17)20/h3-7,12H,8-11H2,1-2H3. The van der Waals surface area contributed by atoms with Gasteiger partial charge in [0.1, 0.15) is 4.90 Å². The van der Waals surface area contributed by atoms with Crippen LogP contribution in [0.15, 0.2) is 41.3 Å². The molecule has 25 heavy (non-hydrogen) atoms. The Morgan fingerprint density at radius 2 is 1.52 bits per heavy atom. The van der Waals surface area contributed by atoms with Gasteiger partial charge in [-0.15, -0.1) is 0 Å². The van der Waals surface area contributed by atoms with Gasteiger partial charge in [0.15, 0.2) is 0 Å². The maximum Gasteiger partial charge on any atom is 0.244 e. The SMILES string of the molecule is Cc1cccc(C)c1N1CCN(S(=O)(=O)c2cc(Cl)ccc2Cl)CC1. The Labute approximate surface area is 159 Å². The van der Waals surface area contributed by atoms with E-state index in [1.807, 2.05) is 6.07 Å². The fraction of sp³-hybridized carbons (Fsp3) is 0.333. The molecule has 134 valence electrons. The molecule has 3 rings (SSSR count). The monoisotopic (exact) mass is 398 g/mol. The number of anilines is 1. The molecule has 0 unspecified atom stereocenters. The lowest BCUT2D eigenvalue weighted by atomic mass is 10.1. The smallest absolute Gasteiger partial charge is 0.244 e. The van der Waals surface area contributed by atoms with Gasteiger partial charge in [0.2, 0.25) is 10.0 Å². The highest BCUT2D eigenvalue weighted by atomic mass is 35.5. The highest BCUT2D eigenvalue weighted by molar-refractivity contribution is 7.89. The van der Waals surface area contributed by atoms with E-state index in [0.717, 1.165) is 0 Å². The summed E-state index contributed by atoms with van der Waals surface area (Å²) in [6.07, 6.45) is 0. The van der Waals surface area contributed by atoms with Crippen LogP contribution < -0.4 is 4.90 Å². The molecule has 1 aliphatic heterocycles. The quantitative estimate of drug-likeness (QED) is 0.780. The highest BCUT2D eigenvalue weighted by Crippen LogP contribution is 2.30. The van der Waals surface area contributed by atoms with Crippen LogP contribution in [0.3, 0.4) is 0 Å².